The van der Waals surface area contributed by atoms with Gasteiger partial charge in [-0.15, -0.1) is 0 Å². The van der Waals surface area contributed by atoms with Crippen molar-refractivity contribution in [2.24, 2.45) is 7.05 Å². The molecule has 0 saturated carbocycles. The van der Waals surface area contributed by atoms with Crippen molar-refractivity contribution in [3.05, 3.63) is 70.9 Å². The maximum Gasteiger partial charge on any atom is 0.229 e. The Labute approximate surface area is 157 Å². The van der Waals surface area contributed by atoms with Crippen molar-refractivity contribution >= 4 is 23.3 Å². The van der Waals surface area contributed by atoms with Gasteiger partial charge in [0.15, 0.2) is 0 Å². The Bertz CT molecular complexity index is 886. The van der Waals surface area contributed by atoms with Crippen LogP contribution in [0.25, 0.3) is 0 Å². The Balaban J connectivity index is 1.58. The van der Waals surface area contributed by atoms with E-state index in [-0.39, 0.29) is 12.3 Å². The summed E-state index contributed by atoms with van der Waals surface area (Å²) in [4.78, 5) is 12.2. The van der Waals surface area contributed by atoms with Gasteiger partial charge in [-0.3, -0.25) is 9.48 Å². The Morgan fingerprint density at radius 1 is 1.12 bits per heavy atom. The van der Waals surface area contributed by atoms with Gasteiger partial charge >= 0.3 is 0 Å². The van der Waals surface area contributed by atoms with Gasteiger partial charge in [-0.05, 0) is 48.4 Å². The van der Waals surface area contributed by atoms with Crippen LogP contribution in [-0.2, 0) is 24.7 Å². The first-order valence-corrected chi connectivity index (χ1v) is 8.76. The zero-order valence-electron chi connectivity index (χ0n) is 14.7. The summed E-state index contributed by atoms with van der Waals surface area (Å²) in [7, 11) is 1.82. The number of nitrogens with zero attached hydrogens (tertiary/aromatic N) is 2. The molecule has 5 nitrogen and oxygen atoms in total. The number of anilines is 1. The van der Waals surface area contributed by atoms with E-state index in [1.54, 1.807) is 16.8 Å². The van der Waals surface area contributed by atoms with Crippen LogP contribution in [-0.4, -0.2) is 15.7 Å². The van der Waals surface area contributed by atoms with E-state index in [1.807, 2.05) is 56.4 Å². The lowest BCUT2D eigenvalue weighted by atomic mass is 10.1. The fraction of sp³-hybridized carbons (Fsp3) is 0.200. The second-order valence-corrected chi connectivity index (χ2v) is 6.36. The summed E-state index contributed by atoms with van der Waals surface area (Å²) >= 11 is 5.86. The van der Waals surface area contributed by atoms with Crippen LogP contribution in [0.1, 0.15) is 18.2 Å². The smallest absolute Gasteiger partial charge is 0.229 e. The van der Waals surface area contributed by atoms with E-state index in [1.165, 1.54) is 0 Å². The van der Waals surface area contributed by atoms with E-state index in [9.17, 15) is 4.79 Å². The zero-order valence-corrected chi connectivity index (χ0v) is 15.5. The Hall–Kier alpha value is -2.79. The molecule has 1 heterocycles. The van der Waals surface area contributed by atoms with E-state index in [0.717, 1.165) is 17.7 Å². The summed E-state index contributed by atoms with van der Waals surface area (Å²) < 4.78 is 7.43. The molecule has 0 atom stereocenters. The quantitative estimate of drug-likeness (QED) is 0.690. The monoisotopic (exact) mass is 369 g/mol. The summed E-state index contributed by atoms with van der Waals surface area (Å²) in [5.74, 6) is 2.04. The van der Waals surface area contributed by atoms with Gasteiger partial charge in [0, 0.05) is 18.1 Å². The minimum absolute atomic E-state index is 0.0815. The fourth-order valence-corrected chi connectivity index (χ4v) is 2.63. The highest BCUT2D eigenvalue weighted by Gasteiger charge is 2.09. The number of carbonyl (C=O) groups excluding carboxylic acids is 1. The highest BCUT2D eigenvalue weighted by Crippen LogP contribution is 2.23. The van der Waals surface area contributed by atoms with Crippen molar-refractivity contribution < 1.29 is 9.53 Å². The normalized spacial score (nSPS) is 10.6. The van der Waals surface area contributed by atoms with Gasteiger partial charge < -0.3 is 10.1 Å². The first-order chi connectivity index (χ1) is 12.5. The van der Waals surface area contributed by atoms with Crippen LogP contribution in [0.5, 0.6) is 11.5 Å². The van der Waals surface area contributed by atoms with Crippen LogP contribution in [0.15, 0.2) is 54.6 Å². The van der Waals surface area contributed by atoms with Crippen molar-refractivity contribution in [2.75, 3.05) is 5.32 Å². The molecule has 26 heavy (non-hydrogen) atoms. The Kier molecular flexibility index (Phi) is 5.58. The van der Waals surface area contributed by atoms with Crippen LogP contribution < -0.4 is 10.1 Å². The highest BCUT2D eigenvalue weighted by atomic mass is 35.5. The maximum absolute atomic E-state index is 12.2. The second kappa shape index (κ2) is 8.06. The van der Waals surface area contributed by atoms with Crippen molar-refractivity contribution in [3.63, 3.8) is 0 Å². The summed E-state index contributed by atoms with van der Waals surface area (Å²) in [6.07, 6.45) is 1.12. The summed E-state index contributed by atoms with van der Waals surface area (Å²) in [6, 6.07) is 16.5. The van der Waals surface area contributed by atoms with E-state index < -0.39 is 0 Å². The van der Waals surface area contributed by atoms with Crippen LogP contribution in [0, 0.1) is 0 Å². The van der Waals surface area contributed by atoms with Gasteiger partial charge in [0.1, 0.15) is 17.3 Å². The molecule has 0 spiro atoms. The minimum atomic E-state index is -0.0815. The lowest BCUT2D eigenvalue weighted by Gasteiger charge is -2.08. The number of carbonyl (C=O) groups is 1. The van der Waals surface area contributed by atoms with Crippen molar-refractivity contribution in [2.45, 2.75) is 19.8 Å². The highest BCUT2D eigenvalue weighted by molar-refractivity contribution is 6.30. The van der Waals surface area contributed by atoms with E-state index in [4.69, 9.17) is 16.3 Å². The van der Waals surface area contributed by atoms with Gasteiger partial charge in [-0.1, -0.05) is 30.7 Å². The minimum Gasteiger partial charge on any atom is -0.457 e. The van der Waals surface area contributed by atoms with Gasteiger partial charge in [0.2, 0.25) is 5.91 Å². The lowest BCUT2D eigenvalue weighted by molar-refractivity contribution is -0.115. The summed E-state index contributed by atoms with van der Waals surface area (Å²) in [5.41, 5.74) is 1.86. The number of ether oxygens (including phenoxy) is 1. The van der Waals surface area contributed by atoms with Crippen molar-refractivity contribution in [3.8, 4) is 11.5 Å². The molecule has 1 N–H and O–H groups in total. The molecular weight excluding hydrogens is 350 g/mol. The number of amides is 1. The molecule has 6 heteroatoms. The van der Waals surface area contributed by atoms with E-state index >= 15 is 0 Å². The van der Waals surface area contributed by atoms with Crippen LogP contribution >= 0.6 is 11.6 Å². The number of hydrogen-bond acceptors (Lipinski definition) is 3. The molecular formula is C20H20ClN3O2. The average Bonchev–Trinajstić information content (AvgIpc) is 2.98. The molecule has 0 bridgehead atoms. The molecule has 0 saturated heterocycles. The van der Waals surface area contributed by atoms with Gasteiger partial charge in [-0.2, -0.15) is 5.10 Å². The molecule has 0 radical (unpaired) electrons. The first kappa shape index (κ1) is 18.0. The van der Waals surface area contributed by atoms with Crippen LogP contribution in [0.4, 0.5) is 5.82 Å². The molecule has 0 aliphatic heterocycles. The largest absolute Gasteiger partial charge is 0.457 e. The Morgan fingerprint density at radius 3 is 2.31 bits per heavy atom. The number of hydrogen-bond donors (Lipinski definition) is 1. The molecule has 0 unspecified atom stereocenters. The zero-order chi connectivity index (χ0) is 18.5. The average molecular weight is 370 g/mol. The molecule has 2 aromatic carbocycles. The molecule has 134 valence electrons. The number of aryl methyl sites for hydroxylation is 2. The number of aromatic nitrogens is 2. The van der Waals surface area contributed by atoms with Gasteiger partial charge in [0.25, 0.3) is 0 Å². The molecule has 0 aliphatic rings. The molecule has 3 aromatic rings. The van der Waals surface area contributed by atoms with Crippen molar-refractivity contribution in [1.29, 1.82) is 0 Å². The summed E-state index contributed by atoms with van der Waals surface area (Å²) in [5, 5.41) is 7.88. The third-order valence-electron chi connectivity index (χ3n) is 3.90. The third-order valence-corrected chi connectivity index (χ3v) is 4.15. The molecule has 1 amide bonds. The van der Waals surface area contributed by atoms with Gasteiger partial charge in [-0.25, -0.2) is 0 Å². The number of nitrogens with one attached hydrogen (secondary N) is 1. The predicted molar refractivity (Wildman–Crippen MR) is 103 cm³/mol. The second-order valence-electron chi connectivity index (χ2n) is 5.92. The number of benzene rings is 2. The number of halogens is 1. The third kappa shape index (κ3) is 4.64. The van der Waals surface area contributed by atoms with Crippen molar-refractivity contribution in [1.82, 2.24) is 9.78 Å². The topological polar surface area (TPSA) is 56.1 Å². The first-order valence-electron chi connectivity index (χ1n) is 8.38. The molecule has 0 aliphatic carbocycles. The SMILES string of the molecule is CCc1cc(NC(=O)Cc2ccc(Oc3ccc(Cl)cc3)cc2)n(C)n1. The Morgan fingerprint density at radius 2 is 1.73 bits per heavy atom. The van der Waals surface area contributed by atoms with Gasteiger partial charge in [0.05, 0.1) is 12.1 Å². The van der Waals surface area contributed by atoms with Crippen LogP contribution in [0.2, 0.25) is 5.02 Å². The summed E-state index contributed by atoms with van der Waals surface area (Å²) in [6.45, 7) is 2.03. The standard InChI is InChI=1S/C20H20ClN3O2/c1-3-16-13-19(24(2)23-16)22-20(25)12-14-4-8-17(9-5-14)26-18-10-6-15(21)7-11-18/h4-11,13H,3,12H2,1-2H3,(H,22,25). The molecule has 0 fully saturated rings. The fourth-order valence-electron chi connectivity index (χ4n) is 2.50. The van der Waals surface area contributed by atoms with E-state index in [2.05, 4.69) is 10.4 Å². The molecule has 1 aromatic heterocycles. The van der Waals surface area contributed by atoms with E-state index in [0.29, 0.717) is 22.3 Å². The molecule has 3 rings (SSSR count). The lowest BCUT2D eigenvalue weighted by Crippen LogP contribution is -2.16. The maximum atomic E-state index is 12.2. The van der Waals surface area contributed by atoms with Crippen LogP contribution in [0.3, 0.4) is 0 Å². The number of rotatable bonds is 6. The predicted octanol–water partition coefficient (Wildman–Crippen LogP) is 4.61.